The first-order valence-electron chi connectivity index (χ1n) is 10.8. The maximum atomic E-state index is 12.7. The molecule has 0 fully saturated rings. The van der Waals surface area contributed by atoms with Gasteiger partial charge in [-0.25, -0.2) is 4.79 Å². The average molecular weight is 459 g/mol. The molecular weight excluding hydrogens is 432 g/mol. The molecule has 7 heteroatoms. The second-order valence-electron chi connectivity index (χ2n) is 7.39. The zero-order chi connectivity index (χ0) is 24.3. The summed E-state index contributed by atoms with van der Waals surface area (Å²) >= 11 is 0. The fourth-order valence-corrected chi connectivity index (χ4v) is 3.10. The van der Waals surface area contributed by atoms with E-state index in [1.807, 2.05) is 43.3 Å². The van der Waals surface area contributed by atoms with Crippen LogP contribution in [0, 0.1) is 6.92 Å². The Morgan fingerprint density at radius 2 is 1.71 bits per heavy atom. The molecule has 0 atom stereocenters. The van der Waals surface area contributed by atoms with Crippen LogP contribution in [0.5, 0.6) is 5.75 Å². The summed E-state index contributed by atoms with van der Waals surface area (Å²) in [7, 11) is 0. The lowest BCUT2D eigenvalue weighted by Crippen LogP contribution is -2.22. The fourth-order valence-electron chi connectivity index (χ4n) is 3.10. The van der Waals surface area contributed by atoms with Crippen LogP contribution in [-0.2, 0) is 16.1 Å². The van der Waals surface area contributed by atoms with Crippen molar-refractivity contribution in [2.45, 2.75) is 20.4 Å². The van der Waals surface area contributed by atoms with Gasteiger partial charge in [-0.2, -0.15) is 0 Å². The van der Waals surface area contributed by atoms with Crippen LogP contribution in [0.2, 0.25) is 0 Å². The fraction of sp³-hybridized carbons (Fsp3) is 0.148. The van der Waals surface area contributed by atoms with Gasteiger partial charge in [0.2, 0.25) is 5.91 Å². The standard InChI is InChI=1S/C27H26N2O5/c1-3-33-27(32)34-23-14-12-21(13-15-23)26(31)29-24-10-5-4-9-22(24)18-28-25(30)16-11-20-8-6-7-19(2)17-20/h4-17H,3,18H2,1-2H3,(H,28,30)(H,29,31)/b16-11+. The molecule has 34 heavy (non-hydrogen) atoms. The molecule has 0 radical (unpaired) electrons. The number of para-hydroxylation sites is 1. The van der Waals surface area contributed by atoms with E-state index < -0.39 is 6.16 Å². The zero-order valence-corrected chi connectivity index (χ0v) is 19.0. The number of carbonyl (C=O) groups is 3. The molecule has 0 saturated heterocycles. The molecule has 174 valence electrons. The van der Waals surface area contributed by atoms with Gasteiger partial charge in [0.1, 0.15) is 5.75 Å². The summed E-state index contributed by atoms with van der Waals surface area (Å²) in [6.45, 7) is 4.14. The number of hydrogen-bond donors (Lipinski definition) is 2. The number of hydrogen-bond acceptors (Lipinski definition) is 5. The Bertz CT molecular complexity index is 1190. The lowest BCUT2D eigenvalue weighted by molar-refractivity contribution is -0.116. The Balaban J connectivity index is 1.58. The van der Waals surface area contributed by atoms with Crippen LogP contribution in [0.3, 0.4) is 0 Å². The van der Waals surface area contributed by atoms with Crippen LogP contribution in [-0.4, -0.2) is 24.6 Å². The lowest BCUT2D eigenvalue weighted by atomic mass is 10.1. The molecule has 0 bridgehead atoms. The predicted octanol–water partition coefficient (Wildman–Crippen LogP) is 5.11. The number of nitrogens with one attached hydrogen (secondary N) is 2. The first kappa shape index (κ1) is 24.3. The third-order valence-electron chi connectivity index (χ3n) is 4.77. The monoisotopic (exact) mass is 458 g/mol. The van der Waals surface area contributed by atoms with Gasteiger partial charge in [-0.05, 0) is 61.4 Å². The highest BCUT2D eigenvalue weighted by atomic mass is 16.7. The molecule has 0 saturated carbocycles. The maximum absolute atomic E-state index is 12.7. The van der Waals surface area contributed by atoms with Crippen LogP contribution in [0.4, 0.5) is 10.5 Å². The predicted molar refractivity (Wildman–Crippen MR) is 131 cm³/mol. The number of ether oxygens (including phenoxy) is 2. The van der Waals surface area contributed by atoms with E-state index in [0.29, 0.717) is 11.3 Å². The third-order valence-corrected chi connectivity index (χ3v) is 4.77. The van der Waals surface area contributed by atoms with Crippen LogP contribution >= 0.6 is 0 Å². The first-order valence-corrected chi connectivity index (χ1v) is 10.8. The average Bonchev–Trinajstić information content (AvgIpc) is 2.83. The van der Waals surface area contributed by atoms with Crippen molar-refractivity contribution in [2.75, 3.05) is 11.9 Å². The Kier molecular flexibility index (Phi) is 8.57. The van der Waals surface area contributed by atoms with Gasteiger partial charge in [-0.1, -0.05) is 48.0 Å². The van der Waals surface area contributed by atoms with E-state index in [4.69, 9.17) is 9.47 Å². The molecule has 0 aliphatic carbocycles. The third kappa shape index (κ3) is 7.34. The molecule has 0 aromatic heterocycles. The molecule has 0 spiro atoms. The number of aryl methyl sites for hydroxylation is 1. The van der Waals surface area contributed by atoms with Crippen molar-refractivity contribution < 1.29 is 23.9 Å². The van der Waals surface area contributed by atoms with Crippen molar-refractivity contribution in [1.29, 1.82) is 0 Å². The molecular formula is C27H26N2O5. The largest absolute Gasteiger partial charge is 0.513 e. The Labute approximate surface area is 198 Å². The quantitative estimate of drug-likeness (QED) is 0.278. The van der Waals surface area contributed by atoms with Crippen molar-refractivity contribution in [3.8, 4) is 5.75 Å². The number of amides is 2. The summed E-state index contributed by atoms with van der Waals surface area (Å²) in [5.41, 5.74) is 3.80. The smallest absolute Gasteiger partial charge is 0.434 e. The molecule has 0 aliphatic rings. The number of anilines is 1. The summed E-state index contributed by atoms with van der Waals surface area (Å²) in [6.07, 6.45) is 2.44. The van der Waals surface area contributed by atoms with Gasteiger partial charge in [0, 0.05) is 23.9 Å². The van der Waals surface area contributed by atoms with Gasteiger partial charge in [-0.3, -0.25) is 9.59 Å². The van der Waals surface area contributed by atoms with Crippen molar-refractivity contribution >= 4 is 29.7 Å². The van der Waals surface area contributed by atoms with Crippen molar-refractivity contribution in [3.63, 3.8) is 0 Å². The van der Waals surface area contributed by atoms with Crippen LogP contribution in [0.25, 0.3) is 6.08 Å². The normalized spacial score (nSPS) is 10.5. The van der Waals surface area contributed by atoms with Crippen molar-refractivity contribution in [1.82, 2.24) is 5.32 Å². The minimum Gasteiger partial charge on any atom is -0.434 e. The number of benzene rings is 3. The molecule has 3 rings (SSSR count). The van der Waals surface area contributed by atoms with Crippen LogP contribution < -0.4 is 15.4 Å². The minimum atomic E-state index is -0.801. The summed E-state index contributed by atoms with van der Waals surface area (Å²) < 4.78 is 9.72. The summed E-state index contributed by atoms with van der Waals surface area (Å²) in [5.74, 6) is -0.294. The van der Waals surface area contributed by atoms with Gasteiger partial charge in [-0.15, -0.1) is 0 Å². The van der Waals surface area contributed by atoms with Crippen LogP contribution in [0.1, 0.15) is 34.0 Å². The van der Waals surface area contributed by atoms with Crippen LogP contribution in [0.15, 0.2) is 78.9 Å². The molecule has 2 N–H and O–H groups in total. The second kappa shape index (κ2) is 12.0. The van der Waals surface area contributed by atoms with Gasteiger partial charge >= 0.3 is 6.16 Å². The highest BCUT2D eigenvalue weighted by Crippen LogP contribution is 2.18. The van der Waals surface area contributed by atoms with E-state index in [1.165, 1.54) is 18.2 Å². The van der Waals surface area contributed by atoms with E-state index in [1.54, 1.807) is 37.3 Å². The van der Waals surface area contributed by atoms with Crippen molar-refractivity contribution in [3.05, 3.63) is 101 Å². The Morgan fingerprint density at radius 1 is 0.941 bits per heavy atom. The first-order chi connectivity index (χ1) is 16.4. The molecule has 0 unspecified atom stereocenters. The number of rotatable bonds is 8. The molecule has 3 aromatic rings. The molecule has 2 amide bonds. The number of carbonyl (C=O) groups excluding carboxylic acids is 3. The molecule has 7 nitrogen and oxygen atoms in total. The molecule has 0 heterocycles. The molecule has 3 aromatic carbocycles. The lowest BCUT2D eigenvalue weighted by Gasteiger charge is -2.12. The van der Waals surface area contributed by atoms with E-state index in [9.17, 15) is 14.4 Å². The topological polar surface area (TPSA) is 93.7 Å². The maximum Gasteiger partial charge on any atom is 0.513 e. The van der Waals surface area contributed by atoms with Crippen molar-refractivity contribution in [2.24, 2.45) is 0 Å². The van der Waals surface area contributed by atoms with Gasteiger partial charge in [0.15, 0.2) is 0 Å². The zero-order valence-electron chi connectivity index (χ0n) is 19.0. The van der Waals surface area contributed by atoms with Gasteiger partial charge in [0.25, 0.3) is 5.91 Å². The highest BCUT2D eigenvalue weighted by Gasteiger charge is 2.11. The Hall–Kier alpha value is -4.39. The van der Waals surface area contributed by atoms with E-state index in [2.05, 4.69) is 10.6 Å². The SMILES string of the molecule is CCOC(=O)Oc1ccc(C(=O)Nc2ccccc2CNC(=O)/C=C/c2cccc(C)c2)cc1. The highest BCUT2D eigenvalue weighted by molar-refractivity contribution is 6.04. The van der Waals surface area contributed by atoms with E-state index in [-0.39, 0.29) is 30.7 Å². The molecule has 0 aliphatic heterocycles. The summed E-state index contributed by atoms with van der Waals surface area (Å²) in [4.78, 5) is 36.3. The summed E-state index contributed by atoms with van der Waals surface area (Å²) in [5, 5.41) is 5.69. The summed E-state index contributed by atoms with van der Waals surface area (Å²) in [6, 6.07) is 21.2. The van der Waals surface area contributed by atoms with Gasteiger partial charge < -0.3 is 20.1 Å². The Morgan fingerprint density at radius 3 is 2.44 bits per heavy atom. The second-order valence-corrected chi connectivity index (χ2v) is 7.39. The minimum absolute atomic E-state index is 0.211. The van der Waals surface area contributed by atoms with E-state index >= 15 is 0 Å². The van der Waals surface area contributed by atoms with E-state index in [0.717, 1.165) is 16.7 Å². The van der Waals surface area contributed by atoms with Gasteiger partial charge in [0.05, 0.1) is 6.61 Å².